The molecule has 7 heteroatoms. The van der Waals surface area contributed by atoms with Crippen LogP contribution in [0.3, 0.4) is 0 Å². The highest BCUT2D eigenvalue weighted by Crippen LogP contribution is 2.46. The first-order chi connectivity index (χ1) is 12.0. The van der Waals surface area contributed by atoms with Crippen LogP contribution in [0.2, 0.25) is 13.1 Å². The van der Waals surface area contributed by atoms with Crippen LogP contribution in [-0.2, 0) is 14.0 Å². The van der Waals surface area contributed by atoms with Gasteiger partial charge >= 0.3 is 5.97 Å². The van der Waals surface area contributed by atoms with E-state index in [4.69, 9.17) is 9.16 Å². The van der Waals surface area contributed by atoms with Crippen molar-refractivity contribution in [1.29, 1.82) is 0 Å². The zero-order chi connectivity index (χ0) is 19.7. The Morgan fingerprint density at radius 2 is 1.96 bits per heavy atom. The molecule has 0 aliphatic carbocycles. The summed E-state index contributed by atoms with van der Waals surface area (Å²) < 4.78 is 11.7. The number of pyridine rings is 1. The van der Waals surface area contributed by atoms with Crippen LogP contribution in [0.15, 0.2) is 24.5 Å². The number of β-lactam (4-membered cyclic amide) rings is 1. The number of nitrogens with one attached hydrogen (secondary N) is 1. The number of rotatable bonds is 6. The molecule has 1 saturated heterocycles. The number of hydrogen-bond donors (Lipinski definition) is 1. The van der Waals surface area contributed by atoms with E-state index >= 15 is 0 Å². The van der Waals surface area contributed by atoms with Gasteiger partial charge in [-0.15, -0.1) is 0 Å². The molecule has 1 amide bonds. The standard InChI is InChI=1S/C19H29N2O4Si/c1-12(17(23)24-13-9-8-10-20-11-13)15-14(16(22)21-15)19(5,18(2,3)4)25-26(6)7/h8-12,14-15H,1-7H3,(H,21,22)/t12-,14-,15-,19-/m1/s1. The van der Waals surface area contributed by atoms with Crippen LogP contribution in [0.25, 0.3) is 0 Å². The molecule has 0 unspecified atom stereocenters. The Hall–Kier alpha value is -1.73. The van der Waals surface area contributed by atoms with E-state index in [-0.39, 0.29) is 23.3 Å². The van der Waals surface area contributed by atoms with Crippen LogP contribution in [0.4, 0.5) is 0 Å². The average molecular weight is 378 g/mol. The first-order valence-corrected chi connectivity index (χ1v) is 11.3. The molecule has 1 aromatic rings. The zero-order valence-electron chi connectivity index (χ0n) is 16.6. The molecule has 2 heterocycles. The summed E-state index contributed by atoms with van der Waals surface area (Å²) in [6.07, 6.45) is 3.11. The van der Waals surface area contributed by atoms with Crippen LogP contribution in [0, 0.1) is 17.3 Å². The van der Waals surface area contributed by atoms with Gasteiger partial charge in [-0.3, -0.25) is 14.6 Å². The normalized spacial score (nSPS) is 23.6. The molecule has 1 aliphatic rings. The maximum absolute atomic E-state index is 12.6. The Morgan fingerprint density at radius 3 is 2.42 bits per heavy atom. The number of carbonyl (C=O) groups excluding carboxylic acids is 2. The number of ether oxygens (including phenoxy) is 1. The molecular weight excluding hydrogens is 348 g/mol. The van der Waals surface area contributed by atoms with E-state index in [2.05, 4.69) is 44.2 Å². The van der Waals surface area contributed by atoms with Crippen molar-refractivity contribution in [1.82, 2.24) is 10.3 Å². The number of nitrogens with zero attached hydrogens (tertiary/aromatic N) is 1. The van der Waals surface area contributed by atoms with Crippen molar-refractivity contribution in [2.24, 2.45) is 17.3 Å². The smallest absolute Gasteiger partial charge is 0.316 e. The second-order valence-electron chi connectivity index (χ2n) is 8.28. The molecule has 2 rings (SSSR count). The summed E-state index contributed by atoms with van der Waals surface area (Å²) in [5.74, 6) is -0.958. The second kappa shape index (κ2) is 7.48. The van der Waals surface area contributed by atoms with Crippen LogP contribution < -0.4 is 10.1 Å². The summed E-state index contributed by atoms with van der Waals surface area (Å²) in [5, 5.41) is 2.89. The van der Waals surface area contributed by atoms with Crippen molar-refractivity contribution in [2.45, 2.75) is 59.4 Å². The molecule has 0 aromatic carbocycles. The number of hydrogen-bond acceptors (Lipinski definition) is 5. The summed E-state index contributed by atoms with van der Waals surface area (Å²) in [5.41, 5.74) is -0.927. The maximum Gasteiger partial charge on any atom is 0.316 e. The highest BCUT2D eigenvalue weighted by atomic mass is 28.3. The average Bonchev–Trinajstić information content (AvgIpc) is 2.50. The van der Waals surface area contributed by atoms with Gasteiger partial charge in [0.1, 0.15) is 5.75 Å². The summed E-state index contributed by atoms with van der Waals surface area (Å²) in [6.45, 7) is 14.1. The summed E-state index contributed by atoms with van der Waals surface area (Å²) in [4.78, 5) is 29.0. The maximum atomic E-state index is 12.6. The monoisotopic (exact) mass is 377 g/mol. The summed E-state index contributed by atoms with van der Waals surface area (Å²) >= 11 is 0. The van der Waals surface area contributed by atoms with Crippen molar-refractivity contribution < 1.29 is 18.8 Å². The molecule has 1 fully saturated rings. The Balaban J connectivity index is 2.21. The fourth-order valence-corrected chi connectivity index (χ4v) is 4.56. The van der Waals surface area contributed by atoms with Crippen LogP contribution >= 0.6 is 0 Å². The number of aromatic nitrogens is 1. The molecule has 0 saturated carbocycles. The van der Waals surface area contributed by atoms with E-state index in [0.29, 0.717) is 5.75 Å². The second-order valence-corrected chi connectivity index (χ2v) is 10.3. The van der Waals surface area contributed by atoms with Gasteiger partial charge in [0.2, 0.25) is 14.9 Å². The highest BCUT2D eigenvalue weighted by Gasteiger charge is 2.59. The SMILES string of the molecule is C[C@@H](C(=O)Oc1cccnc1)[C@H]1NC(=O)[C@@H]1[C@@](C)(O[Si](C)C)C(C)(C)C. The molecule has 1 radical (unpaired) electrons. The van der Waals surface area contributed by atoms with Gasteiger partial charge in [-0.25, -0.2) is 0 Å². The van der Waals surface area contributed by atoms with Crippen LogP contribution in [0.5, 0.6) is 5.75 Å². The van der Waals surface area contributed by atoms with Gasteiger partial charge < -0.3 is 14.5 Å². The minimum absolute atomic E-state index is 0.0725. The first-order valence-electron chi connectivity index (χ1n) is 8.88. The molecule has 1 N–H and O–H groups in total. The van der Waals surface area contributed by atoms with Crippen molar-refractivity contribution in [3.8, 4) is 5.75 Å². The third-order valence-electron chi connectivity index (χ3n) is 5.21. The zero-order valence-corrected chi connectivity index (χ0v) is 17.6. The van der Waals surface area contributed by atoms with Gasteiger partial charge in [0.25, 0.3) is 0 Å². The molecule has 26 heavy (non-hydrogen) atoms. The topological polar surface area (TPSA) is 77.5 Å². The van der Waals surface area contributed by atoms with Gasteiger partial charge in [0, 0.05) is 6.20 Å². The lowest BCUT2D eigenvalue weighted by molar-refractivity contribution is -0.166. The molecule has 6 nitrogen and oxygen atoms in total. The summed E-state index contributed by atoms with van der Waals surface area (Å²) in [7, 11) is -1.04. The minimum Gasteiger partial charge on any atom is -0.425 e. The number of amides is 1. The number of esters is 1. The van der Waals surface area contributed by atoms with Crippen molar-refractivity contribution in [2.75, 3.05) is 0 Å². The van der Waals surface area contributed by atoms with E-state index in [9.17, 15) is 9.59 Å². The molecule has 0 bridgehead atoms. The number of carbonyl (C=O) groups is 2. The quantitative estimate of drug-likeness (QED) is 0.469. The van der Waals surface area contributed by atoms with E-state index in [1.807, 2.05) is 6.92 Å². The van der Waals surface area contributed by atoms with Gasteiger partial charge in [0.15, 0.2) is 0 Å². The predicted molar refractivity (Wildman–Crippen MR) is 101 cm³/mol. The van der Waals surface area contributed by atoms with E-state index in [1.54, 1.807) is 25.3 Å². The first kappa shape index (κ1) is 20.6. The molecule has 0 spiro atoms. The van der Waals surface area contributed by atoms with Crippen LogP contribution in [0.1, 0.15) is 34.6 Å². The van der Waals surface area contributed by atoms with E-state index in [1.165, 1.54) is 6.20 Å². The van der Waals surface area contributed by atoms with Gasteiger partial charge in [-0.1, -0.05) is 20.8 Å². The van der Waals surface area contributed by atoms with Crippen molar-refractivity contribution in [3.63, 3.8) is 0 Å². The third kappa shape index (κ3) is 3.99. The lowest BCUT2D eigenvalue weighted by atomic mass is 9.62. The van der Waals surface area contributed by atoms with Crippen molar-refractivity contribution in [3.05, 3.63) is 24.5 Å². The van der Waals surface area contributed by atoms with Crippen molar-refractivity contribution >= 4 is 20.9 Å². The van der Waals surface area contributed by atoms with Gasteiger partial charge in [-0.2, -0.15) is 0 Å². The van der Waals surface area contributed by atoms with Gasteiger partial charge in [0.05, 0.1) is 29.7 Å². The summed E-state index contributed by atoms with van der Waals surface area (Å²) in [6, 6.07) is 3.06. The fraction of sp³-hybridized carbons (Fsp3) is 0.632. The van der Waals surface area contributed by atoms with E-state index in [0.717, 1.165) is 0 Å². The van der Waals surface area contributed by atoms with Crippen LogP contribution in [-0.4, -0.2) is 37.5 Å². The van der Waals surface area contributed by atoms with E-state index < -0.39 is 26.5 Å². The van der Waals surface area contributed by atoms with Gasteiger partial charge in [-0.05, 0) is 44.5 Å². The lowest BCUT2D eigenvalue weighted by Gasteiger charge is -2.55. The molecule has 1 aliphatic heterocycles. The Kier molecular flexibility index (Phi) is 5.92. The Labute approximate surface area is 157 Å². The molecular formula is C19H29N2O4Si. The third-order valence-corrected chi connectivity index (χ3v) is 6.04. The molecule has 1 aromatic heterocycles. The largest absolute Gasteiger partial charge is 0.425 e. The fourth-order valence-electron chi connectivity index (χ4n) is 3.28. The Bertz CT molecular complexity index is 659. The Morgan fingerprint density at radius 1 is 1.31 bits per heavy atom. The molecule has 143 valence electrons. The highest BCUT2D eigenvalue weighted by molar-refractivity contribution is 6.48. The predicted octanol–water partition coefficient (Wildman–Crippen LogP) is 2.81. The minimum atomic E-state index is -1.04. The lowest BCUT2D eigenvalue weighted by Crippen LogP contribution is -2.72. The molecule has 4 atom stereocenters.